The molecule has 0 saturated heterocycles. The molecule has 0 radical (unpaired) electrons. The third kappa shape index (κ3) is 2.53. The van der Waals surface area contributed by atoms with E-state index in [4.69, 9.17) is 11.5 Å². The number of pyridine rings is 1. The van der Waals surface area contributed by atoms with Crippen molar-refractivity contribution in [2.24, 2.45) is 0 Å². The summed E-state index contributed by atoms with van der Waals surface area (Å²) < 4.78 is 0. The zero-order chi connectivity index (χ0) is 14.8. The molecule has 104 valence electrons. The zero-order valence-corrected chi connectivity index (χ0v) is 11.6. The van der Waals surface area contributed by atoms with Crippen LogP contribution in [-0.2, 0) is 0 Å². The summed E-state index contributed by atoms with van der Waals surface area (Å²) in [7, 11) is 0. The lowest BCUT2D eigenvalue weighted by Crippen LogP contribution is -1.98. The molecular weight excluding hydrogens is 262 g/mol. The Hall–Kier alpha value is -2.95. The minimum absolute atomic E-state index is 0.242. The highest BCUT2D eigenvalue weighted by Gasteiger charge is 2.12. The fourth-order valence-corrected chi connectivity index (χ4v) is 2.25. The first kappa shape index (κ1) is 13.1. The Morgan fingerprint density at radius 2 is 1.76 bits per heavy atom. The topological polar surface area (TPSA) is 90.7 Å². The zero-order valence-electron chi connectivity index (χ0n) is 11.6. The highest BCUT2D eigenvalue weighted by molar-refractivity contribution is 5.81. The van der Waals surface area contributed by atoms with Gasteiger partial charge in [0.15, 0.2) is 0 Å². The molecule has 1 aromatic carbocycles. The van der Waals surface area contributed by atoms with Gasteiger partial charge in [-0.2, -0.15) is 0 Å². The number of anilines is 2. The number of aryl methyl sites for hydroxylation is 1. The van der Waals surface area contributed by atoms with Crippen LogP contribution in [0.5, 0.6) is 0 Å². The van der Waals surface area contributed by atoms with Crippen LogP contribution < -0.4 is 11.5 Å². The van der Waals surface area contributed by atoms with E-state index in [1.165, 1.54) is 0 Å². The number of hydrogen-bond donors (Lipinski definition) is 2. The van der Waals surface area contributed by atoms with E-state index in [2.05, 4.69) is 15.0 Å². The molecule has 0 bridgehead atoms. The number of rotatable bonds is 2. The molecule has 0 aliphatic rings. The van der Waals surface area contributed by atoms with Crippen LogP contribution in [0.2, 0.25) is 0 Å². The first-order valence-electron chi connectivity index (χ1n) is 6.55. The fraction of sp³-hybridized carbons (Fsp3) is 0.0625. The van der Waals surface area contributed by atoms with Gasteiger partial charge in [0, 0.05) is 29.2 Å². The summed E-state index contributed by atoms with van der Waals surface area (Å²) in [6.07, 6.45) is 3.40. The van der Waals surface area contributed by atoms with Gasteiger partial charge >= 0.3 is 0 Å². The highest BCUT2D eigenvalue weighted by atomic mass is 15.0. The Balaban J connectivity index is 2.23. The predicted molar refractivity (Wildman–Crippen MR) is 84.3 cm³/mol. The van der Waals surface area contributed by atoms with Crippen molar-refractivity contribution < 1.29 is 0 Å². The first-order valence-corrected chi connectivity index (χ1v) is 6.55. The molecule has 0 spiro atoms. The lowest BCUT2D eigenvalue weighted by molar-refractivity contribution is 1.18. The van der Waals surface area contributed by atoms with Crippen LogP contribution >= 0.6 is 0 Å². The molecule has 21 heavy (non-hydrogen) atoms. The number of aromatic nitrogens is 3. The largest absolute Gasteiger partial charge is 0.399 e. The first-order chi connectivity index (χ1) is 10.1. The molecule has 0 saturated carbocycles. The van der Waals surface area contributed by atoms with Crippen molar-refractivity contribution in [2.75, 3.05) is 11.5 Å². The molecule has 4 N–H and O–H groups in total. The van der Waals surface area contributed by atoms with E-state index < -0.39 is 0 Å². The quantitative estimate of drug-likeness (QED) is 0.703. The van der Waals surface area contributed by atoms with Gasteiger partial charge in [-0.1, -0.05) is 6.07 Å². The summed E-state index contributed by atoms with van der Waals surface area (Å²) in [4.78, 5) is 12.7. The maximum atomic E-state index is 5.90. The Morgan fingerprint density at radius 3 is 2.57 bits per heavy atom. The third-order valence-electron chi connectivity index (χ3n) is 3.27. The fourth-order valence-electron chi connectivity index (χ4n) is 2.25. The number of nitrogens with zero attached hydrogens (tertiary/aromatic N) is 3. The van der Waals surface area contributed by atoms with E-state index >= 15 is 0 Å². The van der Waals surface area contributed by atoms with Gasteiger partial charge in [-0.15, -0.1) is 0 Å². The molecule has 0 unspecified atom stereocenters. The van der Waals surface area contributed by atoms with Gasteiger partial charge in [-0.05, 0) is 42.8 Å². The molecule has 3 aromatic rings. The second kappa shape index (κ2) is 5.20. The minimum Gasteiger partial charge on any atom is -0.399 e. The Labute approximate surface area is 122 Å². The molecular formula is C16H15N5. The van der Waals surface area contributed by atoms with E-state index in [1.807, 2.05) is 43.3 Å². The minimum atomic E-state index is 0.242. The lowest BCUT2D eigenvalue weighted by atomic mass is 9.99. The van der Waals surface area contributed by atoms with Gasteiger partial charge in [0.1, 0.15) is 0 Å². The Kier molecular flexibility index (Phi) is 3.23. The van der Waals surface area contributed by atoms with Crippen LogP contribution in [0.3, 0.4) is 0 Å². The third-order valence-corrected chi connectivity index (χ3v) is 3.27. The summed E-state index contributed by atoms with van der Waals surface area (Å²) in [5.41, 5.74) is 16.9. The molecule has 0 fully saturated rings. The van der Waals surface area contributed by atoms with E-state index in [0.29, 0.717) is 5.69 Å². The van der Waals surface area contributed by atoms with Crippen LogP contribution in [0.25, 0.3) is 22.5 Å². The number of hydrogen-bond acceptors (Lipinski definition) is 5. The van der Waals surface area contributed by atoms with Gasteiger partial charge in [0.2, 0.25) is 5.95 Å². The van der Waals surface area contributed by atoms with E-state index in [-0.39, 0.29) is 5.95 Å². The summed E-state index contributed by atoms with van der Waals surface area (Å²) in [5, 5.41) is 0. The molecule has 0 aliphatic carbocycles. The van der Waals surface area contributed by atoms with Crippen LogP contribution in [0, 0.1) is 6.92 Å². The van der Waals surface area contributed by atoms with Crippen LogP contribution in [0.15, 0.2) is 48.8 Å². The highest BCUT2D eigenvalue weighted by Crippen LogP contribution is 2.32. The monoisotopic (exact) mass is 277 g/mol. The summed E-state index contributed by atoms with van der Waals surface area (Å²) in [6, 6.07) is 11.4. The normalized spacial score (nSPS) is 10.5. The molecule has 2 heterocycles. The SMILES string of the molecule is Cc1ccc(N)cc1-c1ncccc1-c1ccnc(N)n1. The second-order valence-corrected chi connectivity index (χ2v) is 4.77. The molecule has 5 heteroatoms. The van der Waals surface area contributed by atoms with Crippen molar-refractivity contribution in [3.63, 3.8) is 0 Å². The van der Waals surface area contributed by atoms with Crippen molar-refractivity contribution in [3.8, 4) is 22.5 Å². The van der Waals surface area contributed by atoms with Crippen LogP contribution in [0.1, 0.15) is 5.56 Å². The number of benzene rings is 1. The van der Waals surface area contributed by atoms with E-state index in [0.717, 1.165) is 28.1 Å². The van der Waals surface area contributed by atoms with Crippen molar-refractivity contribution in [1.29, 1.82) is 0 Å². The van der Waals surface area contributed by atoms with Crippen molar-refractivity contribution in [2.45, 2.75) is 6.92 Å². The molecule has 0 aliphatic heterocycles. The number of nitrogen functional groups attached to an aromatic ring is 2. The summed E-state index contributed by atoms with van der Waals surface area (Å²) in [6.45, 7) is 2.03. The van der Waals surface area contributed by atoms with Crippen LogP contribution in [-0.4, -0.2) is 15.0 Å². The van der Waals surface area contributed by atoms with Gasteiger partial charge < -0.3 is 11.5 Å². The molecule has 2 aromatic heterocycles. The second-order valence-electron chi connectivity index (χ2n) is 4.77. The van der Waals surface area contributed by atoms with Gasteiger partial charge in [0.25, 0.3) is 0 Å². The maximum absolute atomic E-state index is 5.90. The van der Waals surface area contributed by atoms with Crippen molar-refractivity contribution in [3.05, 3.63) is 54.4 Å². The van der Waals surface area contributed by atoms with Gasteiger partial charge in [-0.3, -0.25) is 4.98 Å². The average molecular weight is 277 g/mol. The van der Waals surface area contributed by atoms with Crippen molar-refractivity contribution in [1.82, 2.24) is 15.0 Å². The average Bonchev–Trinajstić information content (AvgIpc) is 2.50. The summed E-state index contributed by atoms with van der Waals surface area (Å²) >= 11 is 0. The maximum Gasteiger partial charge on any atom is 0.220 e. The predicted octanol–water partition coefficient (Wildman–Crippen LogP) is 2.68. The Bertz CT molecular complexity index is 798. The number of nitrogens with two attached hydrogens (primary N) is 2. The van der Waals surface area contributed by atoms with E-state index in [9.17, 15) is 0 Å². The molecule has 3 rings (SSSR count). The Morgan fingerprint density at radius 1 is 0.905 bits per heavy atom. The van der Waals surface area contributed by atoms with Crippen LogP contribution in [0.4, 0.5) is 11.6 Å². The smallest absolute Gasteiger partial charge is 0.220 e. The summed E-state index contributed by atoms with van der Waals surface area (Å²) in [5.74, 6) is 0.242. The van der Waals surface area contributed by atoms with Gasteiger partial charge in [0.05, 0.1) is 11.4 Å². The lowest BCUT2D eigenvalue weighted by Gasteiger charge is -2.11. The van der Waals surface area contributed by atoms with Gasteiger partial charge in [-0.25, -0.2) is 9.97 Å². The van der Waals surface area contributed by atoms with E-state index in [1.54, 1.807) is 12.4 Å². The molecule has 5 nitrogen and oxygen atoms in total. The standard InChI is InChI=1S/C16H15N5/c1-10-4-5-11(17)9-13(10)15-12(3-2-7-19-15)14-6-8-20-16(18)21-14/h2-9H,17H2,1H3,(H2,18,20,21). The molecule has 0 atom stereocenters. The molecule has 0 amide bonds. The van der Waals surface area contributed by atoms with Crippen molar-refractivity contribution >= 4 is 11.6 Å².